The standard InChI is InChI=1S/C11H19ClN2S/c1-3-14(4-2)8-7-9(13)10-5-6-11(12)15-10/h5-6,9H,3-4,7-8,13H2,1-2H3. The molecule has 2 N–H and O–H groups in total. The highest BCUT2D eigenvalue weighted by Gasteiger charge is 2.10. The SMILES string of the molecule is CCN(CC)CCC(N)c1ccc(Cl)s1. The van der Waals surface area contributed by atoms with Crippen molar-refractivity contribution < 1.29 is 0 Å². The van der Waals surface area contributed by atoms with E-state index in [9.17, 15) is 0 Å². The second-order valence-corrected chi connectivity index (χ2v) is 5.31. The smallest absolute Gasteiger partial charge is 0.0931 e. The molecule has 0 aliphatic rings. The summed E-state index contributed by atoms with van der Waals surface area (Å²) in [7, 11) is 0. The van der Waals surface area contributed by atoms with Gasteiger partial charge in [-0.15, -0.1) is 11.3 Å². The molecule has 1 heterocycles. The highest BCUT2D eigenvalue weighted by Crippen LogP contribution is 2.27. The lowest BCUT2D eigenvalue weighted by Gasteiger charge is -2.19. The average Bonchev–Trinajstić information content (AvgIpc) is 2.66. The zero-order valence-corrected chi connectivity index (χ0v) is 10.9. The second kappa shape index (κ2) is 6.48. The Hall–Kier alpha value is -0.0900. The Labute approximate surface area is 101 Å². The molecule has 4 heteroatoms. The van der Waals surface area contributed by atoms with E-state index in [0.29, 0.717) is 0 Å². The maximum Gasteiger partial charge on any atom is 0.0931 e. The number of nitrogens with two attached hydrogens (primary N) is 1. The highest BCUT2D eigenvalue weighted by atomic mass is 35.5. The summed E-state index contributed by atoms with van der Waals surface area (Å²) in [5, 5.41) is 0. The van der Waals surface area contributed by atoms with E-state index in [1.165, 1.54) is 4.88 Å². The minimum Gasteiger partial charge on any atom is -0.323 e. The predicted octanol–water partition coefficient (Wildman–Crippen LogP) is 3.13. The molecule has 0 saturated carbocycles. The summed E-state index contributed by atoms with van der Waals surface area (Å²) in [6.07, 6.45) is 0.999. The Balaban J connectivity index is 2.39. The third-order valence-corrected chi connectivity index (χ3v) is 3.97. The molecule has 1 aromatic rings. The van der Waals surface area contributed by atoms with Gasteiger partial charge >= 0.3 is 0 Å². The van der Waals surface area contributed by atoms with Crippen molar-refractivity contribution in [3.63, 3.8) is 0 Å². The van der Waals surface area contributed by atoms with Crippen LogP contribution in [0, 0.1) is 0 Å². The molecule has 0 bridgehead atoms. The maximum atomic E-state index is 6.09. The van der Waals surface area contributed by atoms with Crippen molar-refractivity contribution in [1.29, 1.82) is 0 Å². The van der Waals surface area contributed by atoms with Crippen LogP contribution in [0.15, 0.2) is 12.1 Å². The normalized spacial score (nSPS) is 13.4. The fraction of sp³-hybridized carbons (Fsp3) is 0.636. The van der Waals surface area contributed by atoms with Crippen molar-refractivity contribution in [3.8, 4) is 0 Å². The quantitative estimate of drug-likeness (QED) is 0.836. The molecule has 1 atom stereocenters. The lowest BCUT2D eigenvalue weighted by molar-refractivity contribution is 0.291. The van der Waals surface area contributed by atoms with Crippen molar-refractivity contribution in [1.82, 2.24) is 4.90 Å². The molecule has 1 aromatic heterocycles. The van der Waals surface area contributed by atoms with E-state index < -0.39 is 0 Å². The van der Waals surface area contributed by atoms with Gasteiger partial charge in [-0.05, 0) is 38.2 Å². The lowest BCUT2D eigenvalue weighted by Crippen LogP contribution is -2.26. The Kier molecular flexibility index (Phi) is 5.61. The second-order valence-electron chi connectivity index (χ2n) is 3.56. The summed E-state index contributed by atoms with van der Waals surface area (Å²) < 4.78 is 0.822. The van der Waals surface area contributed by atoms with Crippen molar-refractivity contribution in [2.45, 2.75) is 26.3 Å². The summed E-state index contributed by atoms with van der Waals surface area (Å²) >= 11 is 7.46. The van der Waals surface area contributed by atoms with E-state index in [-0.39, 0.29) is 6.04 Å². The first kappa shape index (κ1) is 13.0. The van der Waals surface area contributed by atoms with E-state index in [0.717, 1.165) is 30.4 Å². The molecule has 0 aliphatic carbocycles. The van der Waals surface area contributed by atoms with Gasteiger partial charge in [0, 0.05) is 10.9 Å². The first-order valence-corrected chi connectivity index (χ1v) is 6.60. The summed E-state index contributed by atoms with van der Waals surface area (Å²) in [4.78, 5) is 3.57. The number of halogens is 1. The summed E-state index contributed by atoms with van der Waals surface area (Å²) in [5.41, 5.74) is 6.09. The van der Waals surface area contributed by atoms with E-state index in [4.69, 9.17) is 17.3 Å². The molecule has 0 spiro atoms. The van der Waals surface area contributed by atoms with E-state index in [1.807, 2.05) is 12.1 Å². The van der Waals surface area contributed by atoms with Gasteiger partial charge in [0.1, 0.15) is 0 Å². The summed E-state index contributed by atoms with van der Waals surface area (Å²) in [5.74, 6) is 0. The van der Waals surface area contributed by atoms with Gasteiger partial charge in [0.2, 0.25) is 0 Å². The van der Waals surface area contributed by atoms with Crippen LogP contribution in [0.3, 0.4) is 0 Å². The number of hydrogen-bond donors (Lipinski definition) is 1. The molecule has 0 fully saturated rings. The van der Waals surface area contributed by atoms with Crippen LogP contribution in [0.25, 0.3) is 0 Å². The van der Waals surface area contributed by atoms with Crippen molar-refractivity contribution in [2.75, 3.05) is 19.6 Å². The molecule has 1 rings (SSSR count). The molecular formula is C11H19ClN2S. The molecule has 0 radical (unpaired) electrons. The van der Waals surface area contributed by atoms with E-state index in [1.54, 1.807) is 11.3 Å². The Morgan fingerprint density at radius 1 is 1.40 bits per heavy atom. The third kappa shape index (κ3) is 4.11. The third-order valence-electron chi connectivity index (χ3n) is 2.61. The topological polar surface area (TPSA) is 29.3 Å². The first-order valence-electron chi connectivity index (χ1n) is 5.40. The van der Waals surface area contributed by atoms with Gasteiger partial charge in [-0.2, -0.15) is 0 Å². The van der Waals surface area contributed by atoms with Crippen LogP contribution in [0.5, 0.6) is 0 Å². The van der Waals surface area contributed by atoms with Crippen LogP contribution in [-0.4, -0.2) is 24.5 Å². The summed E-state index contributed by atoms with van der Waals surface area (Å²) in [6.45, 7) is 7.60. The molecule has 0 saturated heterocycles. The predicted molar refractivity (Wildman–Crippen MR) is 68.7 cm³/mol. The molecule has 0 aromatic carbocycles. The van der Waals surface area contributed by atoms with Gasteiger partial charge < -0.3 is 10.6 Å². The highest BCUT2D eigenvalue weighted by molar-refractivity contribution is 7.16. The molecule has 0 aliphatic heterocycles. The maximum absolute atomic E-state index is 6.09. The molecular weight excluding hydrogens is 228 g/mol. The minimum absolute atomic E-state index is 0.128. The zero-order valence-electron chi connectivity index (χ0n) is 9.37. The van der Waals surface area contributed by atoms with Gasteiger partial charge in [0.25, 0.3) is 0 Å². The van der Waals surface area contributed by atoms with Crippen LogP contribution < -0.4 is 5.73 Å². The van der Waals surface area contributed by atoms with E-state index >= 15 is 0 Å². The zero-order chi connectivity index (χ0) is 11.3. The van der Waals surface area contributed by atoms with Gasteiger partial charge in [-0.25, -0.2) is 0 Å². The molecule has 15 heavy (non-hydrogen) atoms. The number of hydrogen-bond acceptors (Lipinski definition) is 3. The molecule has 86 valence electrons. The Bertz CT molecular complexity index is 284. The van der Waals surface area contributed by atoms with Gasteiger partial charge in [0.15, 0.2) is 0 Å². The lowest BCUT2D eigenvalue weighted by atomic mass is 10.2. The Morgan fingerprint density at radius 2 is 2.07 bits per heavy atom. The van der Waals surface area contributed by atoms with Crippen molar-refractivity contribution >= 4 is 22.9 Å². The van der Waals surface area contributed by atoms with Crippen LogP contribution in [0.1, 0.15) is 31.2 Å². The number of thiophene rings is 1. The fourth-order valence-corrected chi connectivity index (χ4v) is 2.63. The first-order chi connectivity index (χ1) is 7.17. The van der Waals surface area contributed by atoms with Crippen LogP contribution in [0.4, 0.5) is 0 Å². The minimum atomic E-state index is 0.128. The van der Waals surface area contributed by atoms with Gasteiger partial charge in [-0.1, -0.05) is 25.4 Å². The number of rotatable bonds is 6. The Morgan fingerprint density at radius 3 is 2.53 bits per heavy atom. The van der Waals surface area contributed by atoms with Crippen molar-refractivity contribution in [2.24, 2.45) is 5.73 Å². The average molecular weight is 247 g/mol. The largest absolute Gasteiger partial charge is 0.323 e. The van der Waals surface area contributed by atoms with Crippen LogP contribution in [0.2, 0.25) is 4.34 Å². The van der Waals surface area contributed by atoms with Crippen LogP contribution in [-0.2, 0) is 0 Å². The summed E-state index contributed by atoms with van der Waals surface area (Å²) in [6, 6.07) is 4.07. The van der Waals surface area contributed by atoms with Gasteiger partial charge in [-0.3, -0.25) is 0 Å². The fourth-order valence-electron chi connectivity index (χ4n) is 1.53. The van der Waals surface area contributed by atoms with Crippen molar-refractivity contribution in [3.05, 3.63) is 21.3 Å². The molecule has 1 unspecified atom stereocenters. The monoisotopic (exact) mass is 246 g/mol. The molecule has 0 amide bonds. The molecule has 2 nitrogen and oxygen atoms in total. The van der Waals surface area contributed by atoms with Gasteiger partial charge in [0.05, 0.1) is 4.34 Å². The van der Waals surface area contributed by atoms with Crippen LogP contribution >= 0.6 is 22.9 Å². The van der Waals surface area contributed by atoms with E-state index in [2.05, 4.69) is 18.7 Å². The number of nitrogens with zero attached hydrogens (tertiary/aromatic N) is 1.